The van der Waals surface area contributed by atoms with Gasteiger partial charge in [0.1, 0.15) is 12.3 Å². The van der Waals surface area contributed by atoms with Crippen molar-refractivity contribution in [1.82, 2.24) is 5.32 Å². The Morgan fingerprint density at radius 1 is 1.27 bits per heavy atom. The fraction of sp³-hybridized carbons (Fsp3) is 0.364. The summed E-state index contributed by atoms with van der Waals surface area (Å²) in [6, 6.07) is 10.3. The van der Waals surface area contributed by atoms with Crippen molar-refractivity contribution in [3.63, 3.8) is 0 Å². The molecule has 0 saturated carbocycles. The third kappa shape index (κ3) is 4.15. The average molecular weight is 433 g/mol. The van der Waals surface area contributed by atoms with Crippen LogP contribution in [0, 0.1) is 6.92 Å². The summed E-state index contributed by atoms with van der Waals surface area (Å²) in [5, 5.41) is 3.66. The smallest absolute Gasteiger partial charge is 0.262 e. The van der Waals surface area contributed by atoms with Crippen LogP contribution < -0.4 is 14.8 Å². The Morgan fingerprint density at radius 3 is 2.87 bits per heavy atom. The van der Waals surface area contributed by atoms with Gasteiger partial charge in [-0.2, -0.15) is 0 Å². The lowest BCUT2D eigenvalue weighted by Gasteiger charge is -2.27. The summed E-state index contributed by atoms with van der Waals surface area (Å²) in [6.45, 7) is 4.66. The van der Waals surface area contributed by atoms with Crippen LogP contribution in [0.2, 0.25) is 0 Å². The minimum atomic E-state index is -3.81. The van der Waals surface area contributed by atoms with E-state index in [9.17, 15) is 12.8 Å². The molecule has 30 heavy (non-hydrogen) atoms. The van der Waals surface area contributed by atoms with Gasteiger partial charge in [0.2, 0.25) is 0 Å². The number of piperidine rings is 1. The monoisotopic (exact) mass is 432 g/mol. The number of halogens is 1. The highest BCUT2D eigenvalue weighted by atomic mass is 32.2. The number of benzene rings is 2. The third-order valence-electron chi connectivity index (χ3n) is 5.29. The first-order valence-corrected chi connectivity index (χ1v) is 11.5. The van der Waals surface area contributed by atoms with E-state index in [2.05, 4.69) is 10.0 Å². The Morgan fingerprint density at radius 2 is 2.10 bits per heavy atom. The van der Waals surface area contributed by atoms with Crippen molar-refractivity contribution in [3.05, 3.63) is 53.8 Å². The van der Waals surface area contributed by atoms with Crippen LogP contribution in [0.1, 0.15) is 24.5 Å². The summed E-state index contributed by atoms with van der Waals surface area (Å²) in [6.07, 6.45) is 0.848. The molecule has 0 radical (unpaired) electrons. The molecule has 1 aromatic heterocycles. The average Bonchev–Trinajstić information content (AvgIpc) is 3.18. The number of hydrogen-bond donors (Lipinski definition) is 2. The second-order valence-electron chi connectivity index (χ2n) is 7.55. The molecular weight excluding hydrogens is 407 g/mol. The van der Waals surface area contributed by atoms with Gasteiger partial charge >= 0.3 is 0 Å². The molecule has 4 rings (SSSR count). The van der Waals surface area contributed by atoms with Gasteiger partial charge in [-0.15, -0.1) is 0 Å². The fourth-order valence-corrected chi connectivity index (χ4v) is 5.14. The van der Waals surface area contributed by atoms with Crippen LogP contribution in [0.5, 0.6) is 5.75 Å². The lowest BCUT2D eigenvalue weighted by Crippen LogP contribution is -2.44. The first kappa shape index (κ1) is 20.7. The molecule has 1 aliphatic rings. The second-order valence-corrected chi connectivity index (χ2v) is 9.20. The fourth-order valence-electron chi connectivity index (χ4n) is 3.70. The molecule has 1 aliphatic heterocycles. The molecule has 0 unspecified atom stereocenters. The summed E-state index contributed by atoms with van der Waals surface area (Å²) in [5.74, 6) is 0.324. The van der Waals surface area contributed by atoms with E-state index in [0.717, 1.165) is 11.1 Å². The van der Waals surface area contributed by atoms with E-state index in [-0.39, 0.29) is 11.4 Å². The number of rotatable bonds is 6. The van der Waals surface area contributed by atoms with Gasteiger partial charge in [-0.3, -0.25) is 4.72 Å². The van der Waals surface area contributed by atoms with Crippen LogP contribution in [-0.4, -0.2) is 33.8 Å². The molecule has 2 atom stereocenters. The van der Waals surface area contributed by atoms with E-state index in [1.165, 1.54) is 6.26 Å². The molecule has 3 aromatic rings. The molecule has 0 bridgehead atoms. The van der Waals surface area contributed by atoms with E-state index in [0.29, 0.717) is 41.8 Å². The van der Waals surface area contributed by atoms with E-state index in [1.54, 1.807) is 24.3 Å². The van der Waals surface area contributed by atoms with E-state index >= 15 is 0 Å². The molecule has 0 aliphatic carbocycles. The normalized spacial score (nSPS) is 19.7. The van der Waals surface area contributed by atoms with Crippen molar-refractivity contribution in [1.29, 1.82) is 0 Å². The van der Waals surface area contributed by atoms with Gasteiger partial charge in [0, 0.05) is 18.0 Å². The van der Waals surface area contributed by atoms with Crippen LogP contribution in [-0.2, 0) is 16.4 Å². The Bertz CT molecular complexity index is 1160. The topological polar surface area (TPSA) is 80.6 Å². The molecule has 8 heteroatoms. The lowest BCUT2D eigenvalue weighted by atomic mass is 10.1. The summed E-state index contributed by atoms with van der Waals surface area (Å²) < 4.78 is 54.6. The molecular formula is C22H25FN2O4S. The number of ether oxygens (including phenoxy) is 1. The molecule has 2 aromatic carbocycles. The number of hydrogen-bond acceptors (Lipinski definition) is 5. The number of sulfonamides is 1. The zero-order chi connectivity index (χ0) is 21.3. The number of furan rings is 1. The van der Waals surface area contributed by atoms with Crippen LogP contribution >= 0.6 is 0 Å². The van der Waals surface area contributed by atoms with Crippen LogP contribution in [0.25, 0.3) is 11.0 Å². The van der Waals surface area contributed by atoms with E-state index in [1.807, 2.05) is 26.0 Å². The maximum Gasteiger partial charge on any atom is 0.262 e. The molecule has 2 heterocycles. The van der Waals surface area contributed by atoms with Crippen LogP contribution in [0.3, 0.4) is 0 Å². The van der Waals surface area contributed by atoms with Crippen molar-refractivity contribution in [2.45, 2.75) is 43.9 Å². The SMILES string of the molecule is CCc1ccc(C)cc1S(=O)(=O)Nc1cc(O[C@H]2CCNC[C@@H]2F)c2occc2c1. The number of anilines is 1. The summed E-state index contributed by atoms with van der Waals surface area (Å²) in [5.41, 5.74) is 2.41. The Balaban J connectivity index is 1.69. The van der Waals surface area contributed by atoms with Gasteiger partial charge in [-0.05, 0) is 55.6 Å². The maximum absolute atomic E-state index is 14.2. The minimum Gasteiger partial charge on any atom is -0.483 e. The molecule has 0 spiro atoms. The standard InChI is InChI=1S/C22H25FN2O4S/c1-3-15-5-4-14(2)10-21(15)30(26,27)25-17-11-16-7-9-28-22(16)20(12-17)29-19-6-8-24-13-18(19)23/h4-5,7,9-12,18-19,24-25H,3,6,8,13H2,1-2H3/t18-,19-/m0/s1. The zero-order valence-corrected chi connectivity index (χ0v) is 17.8. The summed E-state index contributed by atoms with van der Waals surface area (Å²) in [7, 11) is -3.81. The Labute approximate surface area is 175 Å². The first-order valence-electron chi connectivity index (χ1n) is 10.0. The molecule has 1 saturated heterocycles. The van der Waals surface area contributed by atoms with Gasteiger partial charge in [0.15, 0.2) is 11.3 Å². The first-order chi connectivity index (χ1) is 14.4. The van der Waals surface area contributed by atoms with Gasteiger partial charge < -0.3 is 14.5 Å². The van der Waals surface area contributed by atoms with Crippen molar-refractivity contribution in [3.8, 4) is 5.75 Å². The molecule has 0 amide bonds. The zero-order valence-electron chi connectivity index (χ0n) is 16.9. The Kier molecular flexibility index (Phi) is 5.71. The quantitative estimate of drug-likeness (QED) is 0.611. The van der Waals surface area contributed by atoms with Gasteiger partial charge in [0.05, 0.1) is 16.8 Å². The number of nitrogens with one attached hydrogen (secondary N) is 2. The summed E-state index contributed by atoms with van der Waals surface area (Å²) in [4.78, 5) is 0.252. The molecule has 160 valence electrons. The van der Waals surface area contributed by atoms with E-state index in [4.69, 9.17) is 9.15 Å². The van der Waals surface area contributed by atoms with Crippen molar-refractivity contribution >= 4 is 26.7 Å². The molecule has 1 fully saturated rings. The van der Waals surface area contributed by atoms with Crippen molar-refractivity contribution < 1.29 is 22.0 Å². The lowest BCUT2D eigenvalue weighted by molar-refractivity contribution is 0.0736. The van der Waals surface area contributed by atoms with Crippen LogP contribution in [0.4, 0.5) is 10.1 Å². The third-order valence-corrected chi connectivity index (χ3v) is 6.75. The van der Waals surface area contributed by atoms with Gasteiger partial charge in [-0.1, -0.05) is 19.1 Å². The number of aryl methyl sites for hydroxylation is 2. The van der Waals surface area contributed by atoms with Crippen molar-refractivity contribution in [2.24, 2.45) is 0 Å². The highest BCUT2D eigenvalue weighted by Gasteiger charge is 2.28. The maximum atomic E-state index is 14.2. The van der Waals surface area contributed by atoms with Gasteiger partial charge in [-0.25, -0.2) is 12.8 Å². The summed E-state index contributed by atoms with van der Waals surface area (Å²) >= 11 is 0. The molecule has 6 nitrogen and oxygen atoms in total. The highest BCUT2D eigenvalue weighted by Crippen LogP contribution is 2.34. The molecule has 2 N–H and O–H groups in total. The predicted molar refractivity (Wildman–Crippen MR) is 114 cm³/mol. The van der Waals surface area contributed by atoms with Gasteiger partial charge in [0.25, 0.3) is 10.0 Å². The minimum absolute atomic E-state index is 0.228. The highest BCUT2D eigenvalue weighted by molar-refractivity contribution is 7.92. The van der Waals surface area contributed by atoms with E-state index < -0.39 is 22.3 Å². The largest absolute Gasteiger partial charge is 0.483 e. The predicted octanol–water partition coefficient (Wildman–Crippen LogP) is 4.18. The number of fused-ring (bicyclic) bond motifs is 1. The van der Waals surface area contributed by atoms with Crippen LogP contribution in [0.15, 0.2) is 52.0 Å². The Hall–Kier alpha value is -2.58. The van der Waals surface area contributed by atoms with Crippen molar-refractivity contribution in [2.75, 3.05) is 17.8 Å². The second kappa shape index (κ2) is 8.28. The number of alkyl halides is 1.